The Bertz CT molecular complexity index is 551. The van der Waals surface area contributed by atoms with Crippen LogP contribution in [0.4, 0.5) is 0 Å². The van der Waals surface area contributed by atoms with E-state index in [1.54, 1.807) is 6.92 Å². The van der Waals surface area contributed by atoms with Crippen molar-refractivity contribution in [1.29, 1.82) is 0 Å². The predicted molar refractivity (Wildman–Crippen MR) is 77.6 cm³/mol. The minimum atomic E-state index is -0.128. The Balaban J connectivity index is 1.89. The predicted octanol–water partition coefficient (Wildman–Crippen LogP) is 1.62. The van der Waals surface area contributed by atoms with Gasteiger partial charge in [0.25, 0.3) is 5.56 Å². The second-order valence-electron chi connectivity index (χ2n) is 5.90. The Hall–Kier alpha value is -1.65. The lowest BCUT2D eigenvalue weighted by atomic mass is 10.1. The summed E-state index contributed by atoms with van der Waals surface area (Å²) >= 11 is 0. The molecule has 5 nitrogen and oxygen atoms in total. The average molecular weight is 277 g/mol. The van der Waals surface area contributed by atoms with Crippen molar-refractivity contribution in [3.63, 3.8) is 0 Å². The molecule has 2 unspecified atom stereocenters. The molecule has 1 aromatic rings. The average Bonchev–Trinajstić information content (AvgIpc) is 2.73. The van der Waals surface area contributed by atoms with Gasteiger partial charge in [0.15, 0.2) is 0 Å². The zero-order chi connectivity index (χ0) is 14.7. The lowest BCUT2D eigenvalue weighted by molar-refractivity contribution is -0.121. The van der Waals surface area contributed by atoms with Crippen molar-refractivity contribution in [2.24, 2.45) is 5.92 Å². The van der Waals surface area contributed by atoms with Crippen LogP contribution in [0.5, 0.6) is 0 Å². The highest BCUT2D eigenvalue weighted by molar-refractivity contribution is 5.76. The number of aryl methyl sites for hydroxylation is 2. The van der Waals surface area contributed by atoms with Crippen molar-refractivity contribution in [2.45, 2.75) is 58.9 Å². The van der Waals surface area contributed by atoms with Crippen LogP contribution in [-0.2, 0) is 11.2 Å². The van der Waals surface area contributed by atoms with Crippen LogP contribution in [0.25, 0.3) is 0 Å². The van der Waals surface area contributed by atoms with Crippen LogP contribution in [0.3, 0.4) is 0 Å². The number of nitrogens with zero attached hydrogens (tertiary/aromatic N) is 1. The molecular weight excluding hydrogens is 254 g/mol. The number of hydrogen-bond donors (Lipinski definition) is 2. The van der Waals surface area contributed by atoms with Crippen molar-refractivity contribution in [1.82, 2.24) is 15.3 Å². The van der Waals surface area contributed by atoms with Crippen LogP contribution in [0.2, 0.25) is 0 Å². The number of aromatic nitrogens is 2. The van der Waals surface area contributed by atoms with Crippen molar-refractivity contribution >= 4 is 5.91 Å². The first-order chi connectivity index (χ1) is 9.45. The minimum Gasteiger partial charge on any atom is -0.353 e. The second-order valence-corrected chi connectivity index (χ2v) is 5.90. The monoisotopic (exact) mass is 277 g/mol. The Morgan fingerprint density at radius 1 is 1.40 bits per heavy atom. The maximum Gasteiger partial charge on any atom is 0.254 e. The molecule has 0 radical (unpaired) electrons. The van der Waals surface area contributed by atoms with E-state index in [1.807, 2.05) is 6.92 Å². The number of rotatable bonds is 4. The SMILES string of the molecule is Cc1nc(C)c(CCC(=O)NC2CCC(C)C2)c(=O)[nH]1. The summed E-state index contributed by atoms with van der Waals surface area (Å²) < 4.78 is 0. The highest BCUT2D eigenvalue weighted by atomic mass is 16.1. The Labute approximate surface area is 119 Å². The number of hydrogen-bond acceptors (Lipinski definition) is 3. The van der Waals surface area contributed by atoms with E-state index in [4.69, 9.17) is 0 Å². The van der Waals surface area contributed by atoms with Gasteiger partial charge in [0.1, 0.15) is 5.82 Å². The van der Waals surface area contributed by atoms with Gasteiger partial charge in [-0.3, -0.25) is 9.59 Å². The molecule has 0 spiro atoms. The first-order valence-corrected chi connectivity index (χ1v) is 7.31. The van der Waals surface area contributed by atoms with Gasteiger partial charge >= 0.3 is 0 Å². The fraction of sp³-hybridized carbons (Fsp3) is 0.667. The van der Waals surface area contributed by atoms with Crippen molar-refractivity contribution < 1.29 is 4.79 Å². The molecule has 1 saturated carbocycles. The van der Waals surface area contributed by atoms with Crippen LogP contribution in [-0.4, -0.2) is 21.9 Å². The van der Waals surface area contributed by atoms with Gasteiger partial charge < -0.3 is 10.3 Å². The summed E-state index contributed by atoms with van der Waals surface area (Å²) in [5.74, 6) is 1.34. The molecule has 0 aliphatic heterocycles. The van der Waals surface area contributed by atoms with E-state index in [9.17, 15) is 9.59 Å². The van der Waals surface area contributed by atoms with Gasteiger partial charge in [-0.1, -0.05) is 6.92 Å². The lowest BCUT2D eigenvalue weighted by Gasteiger charge is -2.12. The number of aromatic amines is 1. The number of carbonyl (C=O) groups is 1. The van der Waals surface area contributed by atoms with Crippen LogP contribution in [0, 0.1) is 19.8 Å². The summed E-state index contributed by atoms with van der Waals surface area (Å²) in [5, 5.41) is 3.06. The van der Waals surface area contributed by atoms with Crippen LogP contribution in [0.1, 0.15) is 49.7 Å². The smallest absolute Gasteiger partial charge is 0.254 e. The number of H-pyrrole nitrogens is 1. The van der Waals surface area contributed by atoms with Gasteiger partial charge in [0.2, 0.25) is 5.91 Å². The molecule has 0 aromatic carbocycles. The van der Waals surface area contributed by atoms with Crippen LogP contribution >= 0.6 is 0 Å². The van der Waals surface area contributed by atoms with E-state index in [0.29, 0.717) is 41.9 Å². The summed E-state index contributed by atoms with van der Waals surface area (Å²) in [5.41, 5.74) is 1.20. The van der Waals surface area contributed by atoms with Crippen molar-refractivity contribution in [3.05, 3.63) is 27.4 Å². The molecule has 5 heteroatoms. The Kier molecular flexibility index (Phi) is 4.57. The summed E-state index contributed by atoms with van der Waals surface area (Å²) in [4.78, 5) is 30.7. The van der Waals surface area contributed by atoms with Crippen molar-refractivity contribution in [2.75, 3.05) is 0 Å². The normalized spacial score (nSPS) is 21.9. The van der Waals surface area contributed by atoms with E-state index < -0.39 is 0 Å². The molecule has 1 aliphatic carbocycles. The summed E-state index contributed by atoms with van der Waals surface area (Å²) in [6.45, 7) is 5.79. The number of carbonyl (C=O) groups excluding carboxylic acids is 1. The molecule has 0 saturated heterocycles. The zero-order valence-corrected chi connectivity index (χ0v) is 12.5. The van der Waals surface area contributed by atoms with Gasteiger partial charge in [0.05, 0.1) is 0 Å². The zero-order valence-electron chi connectivity index (χ0n) is 12.5. The number of nitrogens with one attached hydrogen (secondary N) is 2. The summed E-state index contributed by atoms with van der Waals surface area (Å²) in [7, 11) is 0. The Morgan fingerprint density at radius 2 is 2.15 bits per heavy atom. The molecular formula is C15H23N3O2. The maximum absolute atomic E-state index is 11.9. The number of amides is 1. The third kappa shape index (κ3) is 3.68. The van der Waals surface area contributed by atoms with Gasteiger partial charge in [-0.05, 0) is 45.4 Å². The second kappa shape index (κ2) is 6.20. The topological polar surface area (TPSA) is 74.8 Å². The van der Waals surface area contributed by atoms with E-state index in [1.165, 1.54) is 6.42 Å². The summed E-state index contributed by atoms with van der Waals surface area (Å²) in [6.07, 6.45) is 4.11. The molecule has 1 fully saturated rings. The highest BCUT2D eigenvalue weighted by Crippen LogP contribution is 2.24. The first-order valence-electron chi connectivity index (χ1n) is 7.31. The van der Waals surface area contributed by atoms with Gasteiger partial charge in [-0.25, -0.2) is 4.98 Å². The first kappa shape index (κ1) is 14.8. The Morgan fingerprint density at radius 3 is 2.75 bits per heavy atom. The minimum absolute atomic E-state index is 0.0310. The molecule has 110 valence electrons. The molecule has 1 amide bonds. The van der Waals surface area contributed by atoms with E-state index in [0.717, 1.165) is 12.8 Å². The third-order valence-electron chi connectivity index (χ3n) is 4.00. The van der Waals surface area contributed by atoms with Gasteiger partial charge in [-0.15, -0.1) is 0 Å². The molecule has 2 rings (SSSR count). The largest absolute Gasteiger partial charge is 0.353 e. The fourth-order valence-electron chi connectivity index (χ4n) is 2.92. The fourth-order valence-corrected chi connectivity index (χ4v) is 2.92. The molecule has 0 bridgehead atoms. The quantitative estimate of drug-likeness (QED) is 0.878. The lowest BCUT2D eigenvalue weighted by Crippen LogP contribution is -2.33. The van der Waals surface area contributed by atoms with Crippen LogP contribution in [0.15, 0.2) is 4.79 Å². The molecule has 1 aliphatic rings. The van der Waals surface area contributed by atoms with E-state index >= 15 is 0 Å². The van der Waals surface area contributed by atoms with E-state index in [-0.39, 0.29) is 11.5 Å². The van der Waals surface area contributed by atoms with Gasteiger partial charge in [0, 0.05) is 23.7 Å². The van der Waals surface area contributed by atoms with Crippen LogP contribution < -0.4 is 10.9 Å². The molecule has 2 N–H and O–H groups in total. The van der Waals surface area contributed by atoms with E-state index in [2.05, 4.69) is 22.2 Å². The highest BCUT2D eigenvalue weighted by Gasteiger charge is 2.22. The maximum atomic E-state index is 11.9. The molecule has 1 heterocycles. The third-order valence-corrected chi connectivity index (χ3v) is 4.00. The van der Waals surface area contributed by atoms with Gasteiger partial charge in [-0.2, -0.15) is 0 Å². The summed E-state index contributed by atoms with van der Waals surface area (Å²) in [6, 6.07) is 0.313. The van der Waals surface area contributed by atoms with Crippen molar-refractivity contribution in [3.8, 4) is 0 Å². The molecule has 1 aromatic heterocycles. The molecule has 20 heavy (non-hydrogen) atoms. The standard InChI is InChI=1S/C15H23N3O2/c1-9-4-5-12(8-9)18-14(19)7-6-13-10(2)16-11(3)17-15(13)20/h9,12H,4-8H2,1-3H3,(H,18,19)(H,16,17,20). The molecule has 2 atom stereocenters.